The Morgan fingerprint density at radius 1 is 1.31 bits per heavy atom. The van der Waals surface area contributed by atoms with Crippen LogP contribution in [-0.4, -0.2) is 49.3 Å². The summed E-state index contributed by atoms with van der Waals surface area (Å²) in [6, 6.07) is 8.23. The molecule has 5 heteroatoms. The van der Waals surface area contributed by atoms with Crippen molar-refractivity contribution < 1.29 is 14.3 Å². The van der Waals surface area contributed by atoms with Crippen molar-refractivity contribution >= 4 is 11.6 Å². The van der Waals surface area contributed by atoms with Crippen LogP contribution in [0.1, 0.15) is 52.9 Å². The van der Waals surface area contributed by atoms with Crippen LogP contribution in [0.2, 0.25) is 0 Å². The minimum Gasteiger partial charge on any atom is -0.494 e. The van der Waals surface area contributed by atoms with Crippen LogP contribution < -0.4 is 10.1 Å². The summed E-state index contributed by atoms with van der Waals surface area (Å²) < 4.78 is 11.2. The second-order valence-corrected chi connectivity index (χ2v) is 7.35. The van der Waals surface area contributed by atoms with Gasteiger partial charge in [0.25, 0.3) is 5.91 Å². The number of rotatable bonds is 9. The van der Waals surface area contributed by atoms with Crippen molar-refractivity contribution in [2.45, 2.75) is 64.5 Å². The van der Waals surface area contributed by atoms with E-state index in [-0.39, 0.29) is 5.91 Å². The number of anilines is 1. The molecule has 26 heavy (non-hydrogen) atoms. The van der Waals surface area contributed by atoms with Crippen molar-refractivity contribution in [1.29, 1.82) is 0 Å². The highest BCUT2D eigenvalue weighted by atomic mass is 16.5. The molecule has 1 aromatic rings. The lowest BCUT2D eigenvalue weighted by Gasteiger charge is -2.33. The standard InChI is InChI=1S/C21H34N2O3/c1-5-21(3,25-4)20(24)22-18-10-12-19(13-11-18)26-16-8-15-23-14-7-6-9-17(23)2/h10-13,17H,5-9,14-16H2,1-4H3,(H,22,24)/t17-,21+/m1/s1. The van der Waals surface area contributed by atoms with E-state index in [0.717, 1.165) is 24.4 Å². The van der Waals surface area contributed by atoms with Crippen LogP contribution in [0.5, 0.6) is 5.75 Å². The van der Waals surface area contributed by atoms with Crippen LogP contribution in [0.4, 0.5) is 5.69 Å². The molecule has 146 valence electrons. The molecule has 1 N–H and O–H groups in total. The zero-order chi connectivity index (χ0) is 19.0. The van der Waals surface area contributed by atoms with Gasteiger partial charge in [0, 0.05) is 25.4 Å². The van der Waals surface area contributed by atoms with E-state index in [4.69, 9.17) is 9.47 Å². The van der Waals surface area contributed by atoms with Gasteiger partial charge in [0.15, 0.2) is 0 Å². The molecule has 0 aromatic heterocycles. The molecule has 0 aliphatic carbocycles. The molecule has 0 spiro atoms. The highest BCUT2D eigenvalue weighted by molar-refractivity contribution is 5.97. The third-order valence-corrected chi connectivity index (χ3v) is 5.52. The number of piperidine rings is 1. The van der Waals surface area contributed by atoms with Gasteiger partial charge in [-0.25, -0.2) is 0 Å². The van der Waals surface area contributed by atoms with Crippen molar-refractivity contribution in [1.82, 2.24) is 4.90 Å². The molecule has 1 heterocycles. The molecule has 1 aliphatic rings. The summed E-state index contributed by atoms with van der Waals surface area (Å²) in [5.41, 5.74) is -0.0537. The van der Waals surface area contributed by atoms with Crippen LogP contribution >= 0.6 is 0 Å². The fourth-order valence-corrected chi connectivity index (χ4v) is 3.24. The highest BCUT2D eigenvalue weighted by Crippen LogP contribution is 2.20. The molecular formula is C21H34N2O3. The Morgan fingerprint density at radius 3 is 2.65 bits per heavy atom. The maximum absolute atomic E-state index is 12.3. The first-order valence-electron chi connectivity index (χ1n) is 9.82. The van der Waals surface area contributed by atoms with E-state index in [2.05, 4.69) is 17.1 Å². The second kappa shape index (κ2) is 9.93. The number of benzene rings is 1. The maximum Gasteiger partial charge on any atom is 0.256 e. The number of carbonyl (C=O) groups excluding carboxylic acids is 1. The monoisotopic (exact) mass is 362 g/mol. The van der Waals surface area contributed by atoms with Gasteiger partial charge in [0.1, 0.15) is 11.4 Å². The van der Waals surface area contributed by atoms with E-state index in [1.807, 2.05) is 31.2 Å². The van der Waals surface area contributed by atoms with Gasteiger partial charge in [-0.2, -0.15) is 0 Å². The predicted octanol–water partition coefficient (Wildman–Crippen LogP) is 4.08. The lowest BCUT2D eigenvalue weighted by molar-refractivity contribution is -0.136. The number of nitrogens with zero attached hydrogens (tertiary/aromatic N) is 1. The van der Waals surface area contributed by atoms with Gasteiger partial charge in [-0.1, -0.05) is 13.3 Å². The molecule has 0 saturated carbocycles. The van der Waals surface area contributed by atoms with Gasteiger partial charge in [-0.05, 0) is 70.3 Å². The number of nitrogens with one attached hydrogen (secondary N) is 1. The molecule has 1 saturated heterocycles. The Kier molecular flexibility index (Phi) is 7.91. The SMILES string of the molecule is CC[C@](C)(OC)C(=O)Nc1ccc(OCCCN2CCCC[C@H]2C)cc1. The van der Waals surface area contributed by atoms with E-state index in [0.29, 0.717) is 19.1 Å². The van der Waals surface area contributed by atoms with Gasteiger partial charge in [-0.15, -0.1) is 0 Å². The molecule has 2 rings (SSSR count). The first-order chi connectivity index (χ1) is 12.5. The van der Waals surface area contributed by atoms with Crippen molar-refractivity contribution in [3.8, 4) is 5.75 Å². The zero-order valence-corrected chi connectivity index (χ0v) is 16.7. The average molecular weight is 363 g/mol. The smallest absolute Gasteiger partial charge is 0.256 e. The summed E-state index contributed by atoms with van der Waals surface area (Å²) in [6.07, 6.45) is 5.64. The number of likely N-dealkylation sites (tertiary alicyclic amines) is 1. The summed E-state index contributed by atoms with van der Waals surface area (Å²) >= 11 is 0. The normalized spacial score (nSPS) is 20.4. The predicted molar refractivity (Wildman–Crippen MR) is 106 cm³/mol. The molecule has 1 aliphatic heterocycles. The van der Waals surface area contributed by atoms with Crippen molar-refractivity contribution in [3.05, 3.63) is 24.3 Å². The molecule has 5 nitrogen and oxygen atoms in total. The minimum atomic E-state index is -0.805. The number of hydrogen-bond donors (Lipinski definition) is 1. The van der Waals surface area contributed by atoms with E-state index in [1.165, 1.54) is 25.8 Å². The quantitative estimate of drug-likeness (QED) is 0.673. The van der Waals surface area contributed by atoms with E-state index >= 15 is 0 Å². The fraction of sp³-hybridized carbons (Fsp3) is 0.667. The second-order valence-electron chi connectivity index (χ2n) is 7.35. The van der Waals surface area contributed by atoms with Gasteiger partial charge >= 0.3 is 0 Å². The lowest BCUT2D eigenvalue weighted by Crippen LogP contribution is -2.41. The van der Waals surface area contributed by atoms with Crippen molar-refractivity contribution in [2.24, 2.45) is 0 Å². The molecule has 0 bridgehead atoms. The lowest BCUT2D eigenvalue weighted by atomic mass is 10.0. The fourth-order valence-electron chi connectivity index (χ4n) is 3.24. The van der Waals surface area contributed by atoms with Crippen molar-refractivity contribution in [2.75, 3.05) is 32.1 Å². The molecule has 1 fully saturated rings. The zero-order valence-electron chi connectivity index (χ0n) is 16.7. The van der Waals surface area contributed by atoms with Crippen LogP contribution in [0, 0.1) is 0 Å². The van der Waals surface area contributed by atoms with E-state index < -0.39 is 5.60 Å². The third kappa shape index (κ3) is 5.71. The maximum atomic E-state index is 12.3. The average Bonchev–Trinajstić information content (AvgIpc) is 2.67. The van der Waals surface area contributed by atoms with Gasteiger partial charge < -0.3 is 19.7 Å². The van der Waals surface area contributed by atoms with Crippen LogP contribution in [0.3, 0.4) is 0 Å². The number of hydrogen-bond acceptors (Lipinski definition) is 4. The molecule has 0 radical (unpaired) electrons. The Hall–Kier alpha value is -1.59. The Morgan fingerprint density at radius 2 is 2.04 bits per heavy atom. The van der Waals surface area contributed by atoms with Gasteiger partial charge in [0.05, 0.1) is 6.61 Å². The van der Waals surface area contributed by atoms with Crippen LogP contribution in [0.15, 0.2) is 24.3 Å². The third-order valence-electron chi connectivity index (χ3n) is 5.52. The number of ether oxygens (including phenoxy) is 2. The molecule has 1 aromatic carbocycles. The largest absolute Gasteiger partial charge is 0.494 e. The van der Waals surface area contributed by atoms with Gasteiger partial charge in [-0.3, -0.25) is 4.79 Å². The van der Waals surface area contributed by atoms with E-state index in [9.17, 15) is 4.79 Å². The topological polar surface area (TPSA) is 50.8 Å². The number of methoxy groups -OCH3 is 1. The number of carbonyl (C=O) groups is 1. The Labute approximate surface area is 158 Å². The van der Waals surface area contributed by atoms with Crippen molar-refractivity contribution in [3.63, 3.8) is 0 Å². The molecule has 2 atom stereocenters. The summed E-state index contributed by atoms with van der Waals surface area (Å²) in [4.78, 5) is 14.9. The van der Waals surface area contributed by atoms with Crippen LogP contribution in [-0.2, 0) is 9.53 Å². The first kappa shape index (κ1) is 20.7. The Balaban J connectivity index is 1.74. The van der Waals surface area contributed by atoms with Crippen LogP contribution in [0.25, 0.3) is 0 Å². The summed E-state index contributed by atoms with van der Waals surface area (Å²) in [6.45, 7) is 9.08. The molecule has 0 unspecified atom stereocenters. The van der Waals surface area contributed by atoms with E-state index in [1.54, 1.807) is 14.0 Å². The minimum absolute atomic E-state index is 0.133. The Bertz CT molecular complexity index is 555. The summed E-state index contributed by atoms with van der Waals surface area (Å²) in [7, 11) is 1.56. The number of amides is 1. The molecule has 1 amide bonds. The summed E-state index contributed by atoms with van der Waals surface area (Å²) in [5.74, 6) is 0.700. The highest BCUT2D eigenvalue weighted by Gasteiger charge is 2.30. The summed E-state index contributed by atoms with van der Waals surface area (Å²) in [5, 5.41) is 2.90. The first-order valence-corrected chi connectivity index (χ1v) is 9.82. The molecular weight excluding hydrogens is 328 g/mol. The van der Waals surface area contributed by atoms with Gasteiger partial charge in [0.2, 0.25) is 0 Å².